The number of hydrogen-bond acceptors (Lipinski definition) is 3. The topological polar surface area (TPSA) is 46.6 Å². The van der Waals surface area contributed by atoms with Gasteiger partial charge in [0, 0.05) is 13.1 Å². The van der Waals surface area contributed by atoms with Crippen molar-refractivity contribution in [2.45, 2.75) is 13.5 Å². The van der Waals surface area contributed by atoms with Gasteiger partial charge in [-0.25, -0.2) is 8.42 Å². The van der Waals surface area contributed by atoms with Gasteiger partial charge < -0.3 is 4.74 Å². The van der Waals surface area contributed by atoms with Crippen molar-refractivity contribution in [3.8, 4) is 5.75 Å². The fourth-order valence-electron chi connectivity index (χ4n) is 2.10. The van der Waals surface area contributed by atoms with Crippen LogP contribution in [0.2, 0.25) is 0 Å². The number of ether oxygens (including phenoxy) is 1. The van der Waals surface area contributed by atoms with Crippen molar-refractivity contribution in [2.24, 2.45) is 0 Å². The van der Waals surface area contributed by atoms with E-state index >= 15 is 0 Å². The molecule has 0 aromatic heterocycles. The van der Waals surface area contributed by atoms with E-state index < -0.39 is 10.0 Å². The van der Waals surface area contributed by atoms with Gasteiger partial charge in [0.15, 0.2) is 0 Å². The summed E-state index contributed by atoms with van der Waals surface area (Å²) in [6.45, 7) is 2.84. The predicted octanol–water partition coefficient (Wildman–Crippen LogP) is 2.92. The molecule has 0 bridgehead atoms. The Morgan fingerprint density at radius 3 is 2.14 bits per heavy atom. The van der Waals surface area contributed by atoms with Crippen molar-refractivity contribution in [3.63, 3.8) is 0 Å². The lowest BCUT2D eigenvalue weighted by molar-refractivity contribution is 0.334. The van der Waals surface area contributed by atoms with Crippen molar-refractivity contribution in [1.82, 2.24) is 4.31 Å². The van der Waals surface area contributed by atoms with Crippen LogP contribution in [0.15, 0.2) is 60.7 Å². The highest BCUT2D eigenvalue weighted by atomic mass is 32.2. The van der Waals surface area contributed by atoms with Crippen LogP contribution in [0.25, 0.3) is 0 Å². The van der Waals surface area contributed by atoms with E-state index in [0.29, 0.717) is 18.8 Å². The molecule has 0 saturated carbocycles. The SMILES string of the molecule is CCN(Cc1ccccc1)S(=O)(=O)CCOc1ccccc1. The van der Waals surface area contributed by atoms with Crippen LogP contribution in [0, 0.1) is 0 Å². The van der Waals surface area contributed by atoms with Gasteiger partial charge in [0.1, 0.15) is 12.4 Å². The number of benzene rings is 2. The van der Waals surface area contributed by atoms with Crippen LogP contribution in [-0.4, -0.2) is 31.6 Å². The van der Waals surface area contributed by atoms with Gasteiger partial charge in [-0.3, -0.25) is 0 Å². The van der Waals surface area contributed by atoms with Gasteiger partial charge in [-0.1, -0.05) is 55.5 Å². The van der Waals surface area contributed by atoms with E-state index in [2.05, 4.69) is 0 Å². The van der Waals surface area contributed by atoms with Crippen LogP contribution < -0.4 is 4.74 Å². The number of rotatable bonds is 8. The predicted molar refractivity (Wildman–Crippen MR) is 88.2 cm³/mol. The fraction of sp³-hybridized carbons (Fsp3) is 0.294. The first-order valence-corrected chi connectivity index (χ1v) is 8.92. The van der Waals surface area contributed by atoms with Crippen LogP contribution in [0.5, 0.6) is 5.75 Å². The molecule has 0 aliphatic heterocycles. The van der Waals surface area contributed by atoms with E-state index in [9.17, 15) is 8.42 Å². The first kappa shape index (κ1) is 16.5. The molecule has 0 heterocycles. The van der Waals surface area contributed by atoms with E-state index in [-0.39, 0.29) is 12.4 Å². The average Bonchev–Trinajstić information content (AvgIpc) is 2.54. The molecule has 0 aliphatic rings. The second-order valence-corrected chi connectivity index (χ2v) is 6.98. The molecule has 2 aromatic carbocycles. The average molecular weight is 319 g/mol. The van der Waals surface area contributed by atoms with E-state index in [0.717, 1.165) is 5.56 Å². The molecule has 0 saturated heterocycles. The zero-order valence-corrected chi connectivity index (χ0v) is 13.5. The third-order valence-corrected chi connectivity index (χ3v) is 5.16. The Hall–Kier alpha value is -1.85. The van der Waals surface area contributed by atoms with Gasteiger partial charge in [-0.15, -0.1) is 0 Å². The third-order valence-electron chi connectivity index (χ3n) is 3.30. The standard InChI is InChI=1S/C17H21NO3S/c1-2-18(15-16-9-5-3-6-10-16)22(19,20)14-13-21-17-11-7-4-8-12-17/h3-12H,2,13-15H2,1H3. The summed E-state index contributed by atoms with van der Waals surface area (Å²) in [4.78, 5) is 0. The maximum absolute atomic E-state index is 12.4. The molecule has 0 unspecified atom stereocenters. The van der Waals surface area contributed by atoms with Gasteiger partial charge in [0.25, 0.3) is 0 Å². The number of para-hydroxylation sites is 1. The molecular formula is C17H21NO3S. The number of sulfonamides is 1. The summed E-state index contributed by atoms with van der Waals surface area (Å²) in [6.07, 6.45) is 0. The van der Waals surface area contributed by atoms with Gasteiger partial charge in [-0.05, 0) is 17.7 Å². The van der Waals surface area contributed by atoms with Gasteiger partial charge in [-0.2, -0.15) is 4.31 Å². The molecule has 2 rings (SSSR count). The summed E-state index contributed by atoms with van der Waals surface area (Å²) in [5.74, 6) is 0.659. The Morgan fingerprint density at radius 2 is 1.55 bits per heavy atom. The molecule has 4 nitrogen and oxygen atoms in total. The Labute approximate surface area is 132 Å². The van der Waals surface area contributed by atoms with Gasteiger partial charge in [0.05, 0.1) is 5.75 Å². The fourth-order valence-corrected chi connectivity index (χ4v) is 3.40. The second kappa shape index (κ2) is 7.96. The van der Waals surface area contributed by atoms with Gasteiger partial charge >= 0.3 is 0 Å². The molecule has 5 heteroatoms. The Morgan fingerprint density at radius 1 is 0.955 bits per heavy atom. The van der Waals surface area contributed by atoms with E-state index in [4.69, 9.17) is 4.74 Å². The minimum Gasteiger partial charge on any atom is -0.492 e. The van der Waals surface area contributed by atoms with Crippen molar-refractivity contribution >= 4 is 10.0 Å². The molecule has 2 aromatic rings. The molecule has 0 atom stereocenters. The zero-order chi connectivity index (χ0) is 15.8. The molecular weight excluding hydrogens is 298 g/mol. The third kappa shape index (κ3) is 4.86. The molecule has 0 aliphatic carbocycles. The van der Waals surface area contributed by atoms with E-state index in [1.165, 1.54) is 4.31 Å². The van der Waals surface area contributed by atoms with Crippen LogP contribution in [0.4, 0.5) is 0 Å². The lowest BCUT2D eigenvalue weighted by atomic mass is 10.2. The smallest absolute Gasteiger partial charge is 0.217 e. The lowest BCUT2D eigenvalue weighted by Gasteiger charge is -2.20. The minimum absolute atomic E-state index is 0.0252. The first-order chi connectivity index (χ1) is 10.6. The largest absolute Gasteiger partial charge is 0.492 e. The summed E-state index contributed by atoms with van der Waals surface area (Å²) >= 11 is 0. The summed E-state index contributed by atoms with van der Waals surface area (Å²) in [7, 11) is -3.33. The summed E-state index contributed by atoms with van der Waals surface area (Å²) in [6, 6.07) is 18.8. The minimum atomic E-state index is -3.33. The maximum Gasteiger partial charge on any atom is 0.217 e. The molecule has 0 fully saturated rings. The monoisotopic (exact) mass is 319 g/mol. The van der Waals surface area contributed by atoms with Crippen molar-refractivity contribution < 1.29 is 13.2 Å². The summed E-state index contributed by atoms with van der Waals surface area (Å²) in [5.41, 5.74) is 0.983. The zero-order valence-electron chi connectivity index (χ0n) is 12.7. The molecule has 0 radical (unpaired) electrons. The number of nitrogens with zero attached hydrogens (tertiary/aromatic N) is 1. The maximum atomic E-state index is 12.4. The quantitative estimate of drug-likeness (QED) is 0.751. The molecule has 22 heavy (non-hydrogen) atoms. The second-order valence-electron chi connectivity index (χ2n) is 4.89. The first-order valence-electron chi connectivity index (χ1n) is 7.31. The molecule has 0 spiro atoms. The highest BCUT2D eigenvalue weighted by Crippen LogP contribution is 2.11. The normalized spacial score (nSPS) is 11.5. The van der Waals surface area contributed by atoms with E-state index in [1.807, 2.05) is 67.6 Å². The highest BCUT2D eigenvalue weighted by molar-refractivity contribution is 7.89. The van der Waals surface area contributed by atoms with E-state index in [1.54, 1.807) is 0 Å². The Bertz CT molecular complexity index is 657. The molecule has 0 N–H and O–H groups in total. The van der Waals surface area contributed by atoms with Crippen molar-refractivity contribution in [2.75, 3.05) is 18.9 Å². The van der Waals surface area contributed by atoms with Crippen LogP contribution >= 0.6 is 0 Å². The summed E-state index contributed by atoms with van der Waals surface area (Å²) < 4.78 is 31.8. The van der Waals surface area contributed by atoms with Crippen LogP contribution in [0.3, 0.4) is 0 Å². The summed E-state index contributed by atoms with van der Waals surface area (Å²) in [5, 5.41) is 0. The lowest BCUT2D eigenvalue weighted by Crippen LogP contribution is -2.34. The van der Waals surface area contributed by atoms with Crippen molar-refractivity contribution in [1.29, 1.82) is 0 Å². The molecule has 0 amide bonds. The highest BCUT2D eigenvalue weighted by Gasteiger charge is 2.20. The van der Waals surface area contributed by atoms with Crippen LogP contribution in [-0.2, 0) is 16.6 Å². The Kier molecular flexibility index (Phi) is 5.98. The van der Waals surface area contributed by atoms with Crippen molar-refractivity contribution in [3.05, 3.63) is 66.2 Å². The van der Waals surface area contributed by atoms with Crippen LogP contribution in [0.1, 0.15) is 12.5 Å². The number of hydrogen-bond donors (Lipinski definition) is 0. The van der Waals surface area contributed by atoms with Gasteiger partial charge in [0.2, 0.25) is 10.0 Å². The Balaban J connectivity index is 1.92. The molecule has 118 valence electrons.